The van der Waals surface area contributed by atoms with Crippen LogP contribution in [0.2, 0.25) is 0 Å². The Labute approximate surface area is 169 Å². The Morgan fingerprint density at radius 2 is 2.32 bits per heavy atom. The number of hydrogen-bond acceptors (Lipinski definition) is 7. The minimum absolute atomic E-state index is 0.0405. The van der Waals surface area contributed by atoms with E-state index >= 15 is 0 Å². The summed E-state index contributed by atoms with van der Waals surface area (Å²) in [6.45, 7) is 5.68. The normalized spacial score (nSPS) is 20.2. The van der Waals surface area contributed by atoms with Gasteiger partial charge >= 0.3 is 5.63 Å². The third-order valence-corrected chi connectivity index (χ3v) is 5.65. The molecule has 28 heavy (non-hydrogen) atoms. The minimum Gasteiger partial charge on any atom is -0.481 e. The zero-order valence-electron chi connectivity index (χ0n) is 16.6. The number of ether oxygens (including phenoxy) is 1. The summed E-state index contributed by atoms with van der Waals surface area (Å²) in [5.41, 5.74) is -0.663. The molecule has 2 heterocycles. The van der Waals surface area contributed by atoms with E-state index in [0.29, 0.717) is 23.7 Å². The maximum Gasteiger partial charge on any atom is 0.339 e. The molecule has 1 aromatic rings. The maximum atomic E-state index is 13.0. The van der Waals surface area contributed by atoms with Crippen molar-refractivity contribution in [1.82, 2.24) is 5.32 Å². The van der Waals surface area contributed by atoms with E-state index in [0.717, 1.165) is 17.2 Å². The highest BCUT2D eigenvalue weighted by Gasteiger charge is 2.39. The van der Waals surface area contributed by atoms with Gasteiger partial charge in [-0.15, -0.1) is 18.2 Å². The zero-order chi connectivity index (χ0) is 20.7. The smallest absolute Gasteiger partial charge is 0.339 e. The van der Waals surface area contributed by atoms with Crippen LogP contribution in [0.1, 0.15) is 45.4 Å². The Morgan fingerprint density at radius 3 is 2.96 bits per heavy atom. The molecule has 0 aromatic carbocycles. The van der Waals surface area contributed by atoms with Crippen LogP contribution < -0.4 is 15.7 Å². The highest BCUT2D eigenvalue weighted by molar-refractivity contribution is 8.16. The first-order valence-corrected chi connectivity index (χ1v) is 10.00. The van der Waals surface area contributed by atoms with Crippen molar-refractivity contribution in [3.63, 3.8) is 0 Å². The predicted octanol–water partition coefficient (Wildman–Crippen LogP) is 2.60. The predicted molar refractivity (Wildman–Crippen MR) is 112 cm³/mol. The van der Waals surface area contributed by atoms with Gasteiger partial charge in [-0.3, -0.25) is 14.8 Å². The average Bonchev–Trinajstić information content (AvgIpc) is 3.08. The maximum absolute atomic E-state index is 13.0. The molecule has 0 aliphatic carbocycles. The molecule has 0 unspecified atom stereocenters. The molecule has 0 bridgehead atoms. The van der Waals surface area contributed by atoms with Gasteiger partial charge in [-0.1, -0.05) is 19.3 Å². The molecule has 0 saturated carbocycles. The summed E-state index contributed by atoms with van der Waals surface area (Å²) in [5.74, 6) is 3.30. The Bertz CT molecular complexity index is 884. The first-order chi connectivity index (χ1) is 13.3. The number of nitrogens with one attached hydrogen (secondary N) is 1. The van der Waals surface area contributed by atoms with Gasteiger partial charge in [0, 0.05) is 18.9 Å². The summed E-state index contributed by atoms with van der Waals surface area (Å²) in [4.78, 5) is 33.6. The Morgan fingerprint density at radius 1 is 1.57 bits per heavy atom. The van der Waals surface area contributed by atoms with Gasteiger partial charge in [-0.05, 0) is 20.3 Å². The monoisotopic (exact) mass is 403 g/mol. The van der Waals surface area contributed by atoms with Crippen molar-refractivity contribution in [3.05, 3.63) is 28.3 Å². The van der Waals surface area contributed by atoms with Crippen LogP contribution in [0.5, 0.6) is 5.75 Å². The fourth-order valence-electron chi connectivity index (χ4n) is 2.64. The van der Waals surface area contributed by atoms with E-state index in [9.17, 15) is 9.59 Å². The fourth-order valence-corrected chi connectivity index (χ4v) is 3.82. The molecule has 7 nitrogen and oxygen atoms in total. The van der Waals surface area contributed by atoms with Crippen LogP contribution >= 0.6 is 11.8 Å². The Kier molecular flexibility index (Phi) is 7.46. The Hall–Kier alpha value is -2.53. The SMILES string of the molecule is C#CCOc1cc([C@@H](CCC)NC(=O)[C@]2(C)CSC(C(C)=NC)=N2)oc(=O)c1. The minimum atomic E-state index is -0.907. The molecule has 1 aromatic heterocycles. The summed E-state index contributed by atoms with van der Waals surface area (Å²) >= 11 is 1.51. The second-order valence-corrected chi connectivity index (χ2v) is 7.57. The van der Waals surface area contributed by atoms with E-state index in [1.807, 2.05) is 13.8 Å². The van der Waals surface area contributed by atoms with Gasteiger partial charge in [-0.2, -0.15) is 0 Å². The lowest BCUT2D eigenvalue weighted by atomic mass is 10.0. The van der Waals surface area contributed by atoms with Crippen molar-refractivity contribution in [3.8, 4) is 18.1 Å². The first kappa shape index (κ1) is 21.8. The fraction of sp³-hybridized carbons (Fsp3) is 0.500. The van der Waals surface area contributed by atoms with Gasteiger partial charge in [0.05, 0.1) is 17.8 Å². The summed E-state index contributed by atoms with van der Waals surface area (Å²) in [5, 5.41) is 3.74. The van der Waals surface area contributed by atoms with Crippen molar-refractivity contribution in [2.24, 2.45) is 9.98 Å². The molecular formula is C20H25N3O4S. The van der Waals surface area contributed by atoms with E-state index in [-0.39, 0.29) is 12.5 Å². The molecule has 0 radical (unpaired) electrons. The lowest BCUT2D eigenvalue weighted by Gasteiger charge is -2.24. The van der Waals surface area contributed by atoms with E-state index in [4.69, 9.17) is 15.6 Å². The second kappa shape index (κ2) is 9.60. The molecule has 1 N–H and O–H groups in total. The molecule has 1 aliphatic heterocycles. The number of thioether (sulfide) groups is 1. The second-order valence-electron chi connectivity index (χ2n) is 6.61. The number of aliphatic imine (C=N–C) groups is 2. The van der Waals surface area contributed by atoms with Crippen LogP contribution in [0.3, 0.4) is 0 Å². The van der Waals surface area contributed by atoms with Crippen LogP contribution in [0, 0.1) is 12.3 Å². The van der Waals surface area contributed by atoms with Crippen LogP contribution in [0.15, 0.2) is 31.3 Å². The van der Waals surface area contributed by atoms with Crippen LogP contribution in [0.4, 0.5) is 0 Å². The number of terminal acetylenes is 1. The lowest BCUT2D eigenvalue weighted by Crippen LogP contribution is -2.45. The summed E-state index contributed by atoms with van der Waals surface area (Å²) in [6.07, 6.45) is 6.58. The average molecular weight is 404 g/mol. The first-order valence-electron chi connectivity index (χ1n) is 9.01. The Balaban J connectivity index is 2.25. The highest BCUT2D eigenvalue weighted by atomic mass is 32.2. The van der Waals surface area contributed by atoms with Crippen molar-refractivity contribution in [2.45, 2.75) is 45.2 Å². The zero-order valence-corrected chi connectivity index (χ0v) is 17.4. The molecule has 0 fully saturated rings. The van der Waals surface area contributed by atoms with Crippen molar-refractivity contribution >= 4 is 28.4 Å². The van der Waals surface area contributed by atoms with E-state index in [2.05, 4.69) is 21.2 Å². The number of hydrogen-bond donors (Lipinski definition) is 1. The van der Waals surface area contributed by atoms with Crippen molar-refractivity contribution in [2.75, 3.05) is 19.4 Å². The van der Waals surface area contributed by atoms with Crippen molar-refractivity contribution in [1.29, 1.82) is 0 Å². The molecule has 1 amide bonds. The number of nitrogens with zero attached hydrogens (tertiary/aromatic N) is 2. The van der Waals surface area contributed by atoms with E-state index in [1.165, 1.54) is 17.8 Å². The lowest BCUT2D eigenvalue weighted by molar-refractivity contribution is -0.125. The van der Waals surface area contributed by atoms with Gasteiger partial charge in [0.15, 0.2) is 0 Å². The number of carbonyl (C=O) groups excluding carboxylic acids is 1. The molecule has 1 aliphatic rings. The van der Waals surface area contributed by atoms with Gasteiger partial charge in [0.25, 0.3) is 0 Å². The van der Waals surface area contributed by atoms with Crippen LogP contribution in [-0.2, 0) is 4.79 Å². The third kappa shape index (κ3) is 5.26. The standard InChI is InChI=1S/C20H25N3O4S/c1-6-8-15(16-10-14(26-9-7-2)11-17(24)27-16)22-19(25)20(4)12-28-18(23-20)13(3)21-5/h2,10-11,15H,6,8-9,12H2,1,3-5H3,(H,22,25)/t15-,20+/m1/s1. The van der Waals surface area contributed by atoms with E-state index in [1.54, 1.807) is 20.0 Å². The molecule has 2 rings (SSSR count). The summed E-state index contributed by atoms with van der Waals surface area (Å²) in [6, 6.07) is 2.35. The quantitative estimate of drug-likeness (QED) is 0.532. The van der Waals surface area contributed by atoms with Gasteiger partial charge < -0.3 is 14.5 Å². The van der Waals surface area contributed by atoms with Gasteiger partial charge in [0.2, 0.25) is 5.91 Å². The largest absolute Gasteiger partial charge is 0.481 e. The molecule has 150 valence electrons. The third-order valence-electron chi connectivity index (χ3n) is 4.28. The summed E-state index contributed by atoms with van der Waals surface area (Å²) in [7, 11) is 1.70. The van der Waals surface area contributed by atoms with Crippen LogP contribution in [0.25, 0.3) is 0 Å². The van der Waals surface area contributed by atoms with Crippen LogP contribution in [-0.4, -0.2) is 41.6 Å². The number of amides is 1. The van der Waals surface area contributed by atoms with Crippen molar-refractivity contribution < 1.29 is 13.9 Å². The van der Waals surface area contributed by atoms with Gasteiger partial charge in [-0.25, -0.2) is 4.79 Å². The number of rotatable bonds is 8. The number of carbonyl (C=O) groups is 1. The van der Waals surface area contributed by atoms with Gasteiger partial charge in [0.1, 0.15) is 28.7 Å². The molecule has 8 heteroatoms. The topological polar surface area (TPSA) is 93.3 Å². The molecule has 0 spiro atoms. The molecule has 0 saturated heterocycles. The van der Waals surface area contributed by atoms with E-state index < -0.39 is 17.2 Å². The molecular weight excluding hydrogens is 378 g/mol. The summed E-state index contributed by atoms with van der Waals surface area (Å²) < 4.78 is 10.7. The molecule has 2 atom stereocenters. The highest BCUT2D eigenvalue weighted by Crippen LogP contribution is 2.30.